The summed E-state index contributed by atoms with van der Waals surface area (Å²) in [6.45, 7) is 5.93. The van der Waals surface area contributed by atoms with Crippen LogP contribution in [0.4, 0.5) is 4.39 Å². The van der Waals surface area contributed by atoms with Crippen LogP contribution in [0.1, 0.15) is 50.6 Å². The van der Waals surface area contributed by atoms with Crippen LogP contribution in [0.15, 0.2) is 18.3 Å². The van der Waals surface area contributed by atoms with E-state index < -0.39 is 6.10 Å². The molecule has 0 amide bonds. The maximum absolute atomic E-state index is 13.3. The lowest BCUT2D eigenvalue weighted by Crippen LogP contribution is -2.05. The van der Waals surface area contributed by atoms with E-state index in [0.717, 1.165) is 5.69 Å². The molecule has 0 aliphatic carbocycles. The van der Waals surface area contributed by atoms with Gasteiger partial charge in [0.15, 0.2) is 0 Å². The topological polar surface area (TPSA) is 37.5 Å². The molecule has 0 aliphatic heterocycles. The van der Waals surface area contributed by atoms with Crippen molar-refractivity contribution < 1.29 is 9.50 Å². The van der Waals surface area contributed by atoms with Gasteiger partial charge in [-0.3, -0.25) is 4.40 Å². The van der Waals surface area contributed by atoms with Crippen LogP contribution in [0.3, 0.4) is 0 Å². The van der Waals surface area contributed by atoms with E-state index in [1.807, 2.05) is 20.8 Å². The summed E-state index contributed by atoms with van der Waals surface area (Å²) >= 11 is 0. The SMILES string of the molecule is CCC(O)c1c(C(C)C)nc2ccc(F)cn12. The summed E-state index contributed by atoms with van der Waals surface area (Å²) in [4.78, 5) is 4.46. The molecule has 0 aliphatic rings. The highest BCUT2D eigenvalue weighted by atomic mass is 19.1. The average Bonchev–Trinajstić information content (AvgIpc) is 2.66. The Hall–Kier alpha value is -1.42. The van der Waals surface area contributed by atoms with Gasteiger partial charge in [-0.15, -0.1) is 0 Å². The standard InChI is InChI=1S/C13H17FN2O/c1-4-10(17)13-12(8(2)3)15-11-6-5-9(14)7-16(11)13/h5-8,10,17H,4H2,1-3H3. The van der Waals surface area contributed by atoms with Gasteiger partial charge in [0, 0.05) is 6.20 Å². The van der Waals surface area contributed by atoms with Gasteiger partial charge in [0.2, 0.25) is 0 Å². The Morgan fingerprint density at radius 2 is 2.12 bits per heavy atom. The largest absolute Gasteiger partial charge is 0.387 e. The number of rotatable bonds is 3. The van der Waals surface area contributed by atoms with Crippen molar-refractivity contribution in [3.05, 3.63) is 35.5 Å². The molecule has 2 rings (SSSR count). The van der Waals surface area contributed by atoms with Crippen LogP contribution in [-0.4, -0.2) is 14.5 Å². The first kappa shape index (κ1) is 12.0. The summed E-state index contributed by atoms with van der Waals surface area (Å²) in [6.07, 6.45) is 1.36. The number of aromatic nitrogens is 2. The second-order valence-corrected chi connectivity index (χ2v) is 4.54. The molecular weight excluding hydrogens is 219 g/mol. The van der Waals surface area contributed by atoms with E-state index in [9.17, 15) is 9.50 Å². The molecule has 0 fully saturated rings. The van der Waals surface area contributed by atoms with Gasteiger partial charge in [0.25, 0.3) is 0 Å². The van der Waals surface area contributed by atoms with Crippen LogP contribution in [0, 0.1) is 5.82 Å². The molecule has 0 saturated carbocycles. The fraction of sp³-hybridized carbons (Fsp3) is 0.462. The first-order valence-electron chi connectivity index (χ1n) is 5.90. The van der Waals surface area contributed by atoms with Crippen LogP contribution in [0.5, 0.6) is 0 Å². The smallest absolute Gasteiger partial charge is 0.139 e. The summed E-state index contributed by atoms with van der Waals surface area (Å²) in [7, 11) is 0. The molecule has 92 valence electrons. The summed E-state index contributed by atoms with van der Waals surface area (Å²) in [5, 5.41) is 10.1. The third-order valence-corrected chi connectivity index (χ3v) is 2.90. The molecule has 17 heavy (non-hydrogen) atoms. The molecular formula is C13H17FN2O. The van der Waals surface area contributed by atoms with E-state index in [4.69, 9.17) is 0 Å². The fourth-order valence-corrected chi connectivity index (χ4v) is 2.00. The van der Waals surface area contributed by atoms with Gasteiger partial charge in [-0.1, -0.05) is 20.8 Å². The van der Waals surface area contributed by atoms with E-state index in [-0.39, 0.29) is 11.7 Å². The molecule has 1 N–H and O–H groups in total. The molecule has 0 bridgehead atoms. The zero-order chi connectivity index (χ0) is 12.6. The molecule has 0 aromatic carbocycles. The second kappa shape index (κ2) is 4.45. The Kier molecular flexibility index (Phi) is 3.15. The predicted molar refractivity (Wildman–Crippen MR) is 64.5 cm³/mol. The van der Waals surface area contributed by atoms with Crippen LogP contribution >= 0.6 is 0 Å². The number of hydrogen-bond acceptors (Lipinski definition) is 2. The fourth-order valence-electron chi connectivity index (χ4n) is 2.00. The molecule has 0 spiro atoms. The van der Waals surface area contributed by atoms with E-state index in [0.29, 0.717) is 17.8 Å². The van der Waals surface area contributed by atoms with Gasteiger partial charge in [-0.05, 0) is 24.5 Å². The molecule has 2 aromatic heterocycles. The van der Waals surface area contributed by atoms with Crippen LogP contribution in [0.25, 0.3) is 5.65 Å². The molecule has 4 heteroatoms. The van der Waals surface area contributed by atoms with Crippen molar-refractivity contribution in [2.24, 2.45) is 0 Å². The maximum atomic E-state index is 13.3. The van der Waals surface area contributed by atoms with E-state index in [2.05, 4.69) is 4.98 Å². The van der Waals surface area contributed by atoms with Crippen LogP contribution in [0.2, 0.25) is 0 Å². The van der Waals surface area contributed by atoms with Gasteiger partial charge < -0.3 is 5.11 Å². The highest BCUT2D eigenvalue weighted by Crippen LogP contribution is 2.27. The first-order valence-corrected chi connectivity index (χ1v) is 5.90. The molecule has 1 unspecified atom stereocenters. The lowest BCUT2D eigenvalue weighted by atomic mass is 10.0. The Morgan fingerprint density at radius 1 is 1.41 bits per heavy atom. The maximum Gasteiger partial charge on any atom is 0.139 e. The summed E-state index contributed by atoms with van der Waals surface area (Å²) < 4.78 is 14.9. The Balaban J connectivity index is 2.73. The third kappa shape index (κ3) is 2.05. The monoisotopic (exact) mass is 236 g/mol. The number of fused-ring (bicyclic) bond motifs is 1. The molecule has 3 nitrogen and oxygen atoms in total. The predicted octanol–water partition coefficient (Wildman–Crippen LogP) is 3.04. The number of halogens is 1. The van der Waals surface area contributed by atoms with Crippen molar-refractivity contribution in [3.63, 3.8) is 0 Å². The van der Waals surface area contributed by atoms with Gasteiger partial charge in [0.1, 0.15) is 11.5 Å². The van der Waals surface area contributed by atoms with Crippen molar-refractivity contribution in [1.29, 1.82) is 0 Å². The number of nitrogens with zero attached hydrogens (tertiary/aromatic N) is 2. The van der Waals surface area contributed by atoms with Gasteiger partial charge in [0.05, 0.1) is 17.5 Å². The minimum absolute atomic E-state index is 0.203. The molecule has 1 atom stereocenters. The molecule has 2 aromatic rings. The Bertz CT molecular complexity index is 533. The highest BCUT2D eigenvalue weighted by Gasteiger charge is 2.20. The zero-order valence-corrected chi connectivity index (χ0v) is 10.3. The molecule has 2 heterocycles. The number of imidazole rings is 1. The van der Waals surface area contributed by atoms with Crippen molar-refractivity contribution in [2.75, 3.05) is 0 Å². The normalized spacial score (nSPS) is 13.5. The van der Waals surface area contributed by atoms with Gasteiger partial charge in [-0.2, -0.15) is 0 Å². The quantitative estimate of drug-likeness (QED) is 0.889. The van der Waals surface area contributed by atoms with Crippen molar-refractivity contribution >= 4 is 5.65 Å². The number of pyridine rings is 1. The third-order valence-electron chi connectivity index (χ3n) is 2.90. The highest BCUT2D eigenvalue weighted by molar-refractivity contribution is 5.44. The number of hydrogen-bond donors (Lipinski definition) is 1. The van der Waals surface area contributed by atoms with E-state index in [1.54, 1.807) is 10.5 Å². The van der Waals surface area contributed by atoms with Crippen LogP contribution < -0.4 is 0 Å². The summed E-state index contributed by atoms with van der Waals surface area (Å²) in [6, 6.07) is 3.02. The van der Waals surface area contributed by atoms with Crippen molar-refractivity contribution in [3.8, 4) is 0 Å². The van der Waals surface area contributed by atoms with Gasteiger partial charge in [-0.25, -0.2) is 9.37 Å². The van der Waals surface area contributed by atoms with E-state index in [1.165, 1.54) is 12.3 Å². The Morgan fingerprint density at radius 3 is 2.71 bits per heavy atom. The number of aliphatic hydroxyl groups excluding tert-OH is 1. The van der Waals surface area contributed by atoms with Crippen molar-refractivity contribution in [2.45, 2.75) is 39.2 Å². The minimum Gasteiger partial charge on any atom is -0.387 e. The summed E-state index contributed by atoms with van der Waals surface area (Å²) in [5.41, 5.74) is 2.22. The van der Waals surface area contributed by atoms with E-state index >= 15 is 0 Å². The first-order chi connectivity index (χ1) is 8.04. The summed E-state index contributed by atoms with van der Waals surface area (Å²) in [5.74, 6) is -0.121. The number of aliphatic hydroxyl groups is 1. The second-order valence-electron chi connectivity index (χ2n) is 4.54. The minimum atomic E-state index is -0.607. The zero-order valence-electron chi connectivity index (χ0n) is 10.3. The van der Waals surface area contributed by atoms with Gasteiger partial charge >= 0.3 is 0 Å². The van der Waals surface area contributed by atoms with Crippen molar-refractivity contribution in [1.82, 2.24) is 9.38 Å². The molecule has 0 saturated heterocycles. The molecule has 0 radical (unpaired) electrons. The van der Waals surface area contributed by atoms with Crippen LogP contribution in [-0.2, 0) is 0 Å². The Labute approximate surface area is 99.9 Å². The average molecular weight is 236 g/mol. The lowest BCUT2D eigenvalue weighted by Gasteiger charge is -2.12. The lowest BCUT2D eigenvalue weighted by molar-refractivity contribution is 0.166.